The number of imidazole rings is 1. The van der Waals surface area contributed by atoms with E-state index in [1.165, 1.54) is 12.1 Å². The van der Waals surface area contributed by atoms with Crippen LogP contribution in [0.15, 0.2) is 59.7 Å². The second-order valence-electron chi connectivity index (χ2n) is 7.95. The number of rotatable bonds is 3. The highest BCUT2D eigenvalue weighted by Gasteiger charge is 2.31. The third kappa shape index (κ3) is 3.45. The van der Waals surface area contributed by atoms with Crippen molar-refractivity contribution in [2.45, 2.75) is 6.92 Å². The number of halogens is 1. The average Bonchev–Trinajstić information content (AvgIpc) is 3.49. The summed E-state index contributed by atoms with van der Waals surface area (Å²) >= 11 is 0. The fraction of sp³-hybridized carbons (Fsp3) is 0.250. The smallest absolute Gasteiger partial charge is 0.231 e. The third-order valence-electron chi connectivity index (χ3n) is 5.82. The number of anilines is 1. The van der Waals surface area contributed by atoms with Crippen LogP contribution in [0, 0.1) is 12.7 Å². The maximum Gasteiger partial charge on any atom is 0.231 e. The van der Waals surface area contributed by atoms with Gasteiger partial charge in [-0.15, -0.1) is 0 Å². The van der Waals surface area contributed by atoms with Gasteiger partial charge in [-0.05, 0) is 49.4 Å². The van der Waals surface area contributed by atoms with Crippen LogP contribution in [0.5, 0.6) is 11.5 Å². The molecule has 0 N–H and O–H groups in total. The quantitative estimate of drug-likeness (QED) is 0.612. The summed E-state index contributed by atoms with van der Waals surface area (Å²) in [6, 6.07) is 10.5. The number of benzene rings is 2. The van der Waals surface area contributed by atoms with Gasteiger partial charge in [0.15, 0.2) is 23.1 Å². The van der Waals surface area contributed by atoms with Crippen LogP contribution in [0.1, 0.15) is 11.3 Å². The van der Waals surface area contributed by atoms with Crippen molar-refractivity contribution in [3.63, 3.8) is 0 Å². The van der Waals surface area contributed by atoms with E-state index in [0.29, 0.717) is 43.5 Å². The lowest BCUT2D eigenvalue weighted by Crippen LogP contribution is -2.55. The van der Waals surface area contributed by atoms with Crippen molar-refractivity contribution in [2.75, 3.05) is 38.0 Å². The molecule has 3 aromatic rings. The van der Waals surface area contributed by atoms with E-state index >= 15 is 0 Å². The molecule has 4 heterocycles. The Morgan fingerprint density at radius 3 is 2.64 bits per heavy atom. The Kier molecular flexibility index (Phi) is 4.67. The van der Waals surface area contributed by atoms with Crippen molar-refractivity contribution < 1.29 is 18.6 Å². The van der Waals surface area contributed by atoms with E-state index in [-0.39, 0.29) is 12.6 Å². The van der Waals surface area contributed by atoms with E-state index in [2.05, 4.69) is 15.0 Å². The van der Waals surface area contributed by atoms with Crippen LogP contribution in [-0.4, -0.2) is 53.4 Å². The molecule has 0 saturated carbocycles. The molecule has 1 fully saturated rings. The Balaban J connectivity index is 1.35. The second-order valence-corrected chi connectivity index (χ2v) is 7.95. The summed E-state index contributed by atoms with van der Waals surface area (Å²) in [4.78, 5) is 9.04. The number of morpholine rings is 1. The topological polar surface area (TPSA) is 64.4 Å². The first-order valence-corrected chi connectivity index (χ1v) is 10.8. The van der Waals surface area contributed by atoms with Crippen molar-refractivity contribution >= 4 is 17.6 Å². The van der Waals surface area contributed by atoms with Crippen molar-refractivity contribution in [3.8, 4) is 17.2 Å². The maximum absolute atomic E-state index is 13.4. The minimum Gasteiger partial charge on any atom is -0.488 e. The summed E-state index contributed by atoms with van der Waals surface area (Å²) in [5.41, 5.74) is 3.56. The Morgan fingerprint density at radius 2 is 1.82 bits per heavy atom. The summed E-state index contributed by atoms with van der Waals surface area (Å²) in [5.74, 6) is 2.50. The molecule has 8 nitrogen and oxygen atoms in total. The fourth-order valence-electron chi connectivity index (χ4n) is 4.31. The zero-order valence-electron chi connectivity index (χ0n) is 18.1. The van der Waals surface area contributed by atoms with Crippen LogP contribution in [0.25, 0.3) is 11.8 Å². The summed E-state index contributed by atoms with van der Waals surface area (Å²) in [7, 11) is 0. The number of aryl methyl sites for hydroxylation is 1. The van der Waals surface area contributed by atoms with Crippen molar-refractivity contribution in [1.29, 1.82) is 0 Å². The Morgan fingerprint density at radius 1 is 0.970 bits per heavy atom. The molecule has 1 saturated heterocycles. The Labute approximate surface area is 190 Å². The molecule has 33 heavy (non-hydrogen) atoms. The molecule has 6 rings (SSSR count). The second kappa shape index (κ2) is 7.84. The van der Waals surface area contributed by atoms with Gasteiger partial charge < -0.3 is 18.8 Å². The Bertz CT molecular complexity index is 1270. The van der Waals surface area contributed by atoms with Gasteiger partial charge in [-0.1, -0.05) is 0 Å². The van der Waals surface area contributed by atoms with Crippen molar-refractivity contribution in [1.82, 2.24) is 14.6 Å². The number of hydrogen-bond donors (Lipinski definition) is 0. The summed E-state index contributed by atoms with van der Waals surface area (Å²) < 4.78 is 33.0. The summed E-state index contributed by atoms with van der Waals surface area (Å²) in [5, 5.41) is 4.21. The number of hydrazine groups is 1. The van der Waals surface area contributed by atoms with Gasteiger partial charge in [-0.2, -0.15) is 0 Å². The van der Waals surface area contributed by atoms with Crippen LogP contribution in [0.3, 0.4) is 0 Å². The highest BCUT2D eigenvalue weighted by Crippen LogP contribution is 2.42. The molecular formula is C24H22FN5O3. The van der Waals surface area contributed by atoms with Crippen LogP contribution in [-0.2, 0) is 4.74 Å². The molecule has 9 heteroatoms. The normalized spacial score (nSPS) is 18.2. The van der Waals surface area contributed by atoms with Gasteiger partial charge in [0.2, 0.25) is 6.79 Å². The summed E-state index contributed by atoms with van der Waals surface area (Å²) in [6.45, 7) is 4.59. The van der Waals surface area contributed by atoms with E-state index in [0.717, 1.165) is 28.5 Å². The summed E-state index contributed by atoms with van der Waals surface area (Å²) in [6.07, 6.45) is 5.64. The van der Waals surface area contributed by atoms with Gasteiger partial charge in [0, 0.05) is 11.8 Å². The van der Waals surface area contributed by atoms with Crippen LogP contribution in [0.2, 0.25) is 0 Å². The standard InChI is InChI=1S/C24H22FN5O3/c1-16-13-28(14-27-16)20-7-2-17(22-23(20)33-15-32-22)12-21-24-26-8-9-29(30(24)10-11-31-21)19-5-3-18(25)4-6-19/h2-7,12-14H,8-11,15H2,1H3. The van der Waals surface area contributed by atoms with Gasteiger partial charge in [-0.3, -0.25) is 15.0 Å². The zero-order valence-corrected chi connectivity index (χ0v) is 18.1. The first-order chi connectivity index (χ1) is 16.2. The molecule has 0 unspecified atom stereocenters. The van der Waals surface area contributed by atoms with E-state index in [1.54, 1.807) is 18.5 Å². The first kappa shape index (κ1) is 19.7. The number of fused-ring (bicyclic) bond motifs is 2. The number of aromatic nitrogens is 2. The van der Waals surface area contributed by atoms with Gasteiger partial charge >= 0.3 is 0 Å². The van der Waals surface area contributed by atoms with E-state index < -0.39 is 0 Å². The van der Waals surface area contributed by atoms with E-state index in [9.17, 15) is 4.39 Å². The largest absolute Gasteiger partial charge is 0.488 e. The highest BCUT2D eigenvalue weighted by molar-refractivity contribution is 6.02. The lowest BCUT2D eigenvalue weighted by Gasteiger charge is -2.43. The predicted octanol–water partition coefficient (Wildman–Crippen LogP) is 3.56. The predicted molar refractivity (Wildman–Crippen MR) is 121 cm³/mol. The fourth-order valence-corrected chi connectivity index (χ4v) is 4.31. The molecular weight excluding hydrogens is 425 g/mol. The van der Waals surface area contributed by atoms with E-state index in [4.69, 9.17) is 19.2 Å². The molecule has 0 radical (unpaired) electrons. The number of aliphatic imine (C=N–C) groups is 1. The number of hydrogen-bond acceptors (Lipinski definition) is 7. The highest BCUT2D eigenvalue weighted by atomic mass is 19.1. The molecule has 3 aliphatic rings. The SMILES string of the molecule is Cc1cn(-c2ccc(C=C3OCCN4C3=NCCN4c3ccc(F)cc3)c3c2OCO3)cn1. The number of amidine groups is 1. The third-order valence-corrected chi connectivity index (χ3v) is 5.82. The van der Waals surface area contributed by atoms with Crippen LogP contribution < -0.4 is 14.5 Å². The van der Waals surface area contributed by atoms with Gasteiger partial charge in [-0.25, -0.2) is 9.37 Å². The molecule has 2 aromatic carbocycles. The van der Waals surface area contributed by atoms with Crippen LogP contribution in [0.4, 0.5) is 10.1 Å². The molecule has 0 atom stereocenters. The molecule has 0 amide bonds. The van der Waals surface area contributed by atoms with Gasteiger partial charge in [0.1, 0.15) is 12.4 Å². The van der Waals surface area contributed by atoms with Crippen LogP contribution >= 0.6 is 0 Å². The molecule has 0 bridgehead atoms. The minimum atomic E-state index is -0.252. The zero-order chi connectivity index (χ0) is 22.4. The lowest BCUT2D eigenvalue weighted by molar-refractivity contribution is 0.160. The average molecular weight is 447 g/mol. The maximum atomic E-state index is 13.4. The van der Waals surface area contributed by atoms with Crippen molar-refractivity contribution in [3.05, 3.63) is 71.8 Å². The number of ether oxygens (including phenoxy) is 3. The first-order valence-electron chi connectivity index (χ1n) is 10.8. The minimum absolute atomic E-state index is 0.155. The molecule has 3 aliphatic heterocycles. The van der Waals surface area contributed by atoms with E-state index in [1.807, 2.05) is 35.9 Å². The molecule has 0 aliphatic carbocycles. The number of nitrogens with zero attached hydrogens (tertiary/aromatic N) is 5. The molecule has 0 spiro atoms. The van der Waals surface area contributed by atoms with Gasteiger partial charge in [0.25, 0.3) is 0 Å². The van der Waals surface area contributed by atoms with Crippen molar-refractivity contribution in [2.24, 2.45) is 4.99 Å². The van der Waals surface area contributed by atoms with Gasteiger partial charge in [0.05, 0.1) is 43.0 Å². The Hall–Kier alpha value is -4.01. The molecule has 1 aromatic heterocycles. The molecule has 168 valence electrons. The monoisotopic (exact) mass is 447 g/mol. The lowest BCUT2D eigenvalue weighted by atomic mass is 10.1.